The maximum absolute atomic E-state index is 4.90. The summed E-state index contributed by atoms with van der Waals surface area (Å²) in [4.78, 5) is 0. The Balaban J connectivity index is 2.66. The molecule has 1 nitrogen and oxygen atoms in total. The fourth-order valence-electron chi connectivity index (χ4n) is 0.0876. The Bertz CT molecular complexity index is 46.1. The quantitative estimate of drug-likeness (QED) is 0.341. The van der Waals surface area contributed by atoms with Crippen molar-refractivity contribution in [1.29, 1.82) is 0 Å². The van der Waals surface area contributed by atoms with E-state index in [-0.39, 0.29) is 0 Å². The summed E-state index contributed by atoms with van der Waals surface area (Å²) in [5.41, 5.74) is 0. The van der Waals surface area contributed by atoms with Crippen LogP contribution in [0, 0.1) is 0 Å². The molecule has 0 aromatic carbocycles. The zero-order chi connectivity index (χ0) is 4.83. The van der Waals surface area contributed by atoms with Crippen molar-refractivity contribution in [3.05, 3.63) is 0 Å². The summed E-state index contributed by atoms with van der Waals surface area (Å²) in [6, 6.07) is 0. The van der Waals surface area contributed by atoms with E-state index in [1.807, 2.05) is 6.26 Å². The minimum atomic E-state index is 1.26. The van der Waals surface area contributed by atoms with Crippen LogP contribution in [-0.2, 0) is 4.10 Å². The summed E-state index contributed by atoms with van der Waals surface area (Å²) in [5, 5.41) is 0. The molecular weight excluding hydrogens is 92.5 g/mol. The average molecular weight is 95.5 g/mol. The molecule has 5 heteroatoms. The van der Waals surface area contributed by atoms with Gasteiger partial charge < -0.3 is 0 Å². The first kappa shape index (κ1) is 6.34. The van der Waals surface area contributed by atoms with E-state index < -0.39 is 0 Å². The molecule has 6 heavy (non-hydrogen) atoms. The van der Waals surface area contributed by atoms with Crippen molar-refractivity contribution in [3.8, 4) is 0 Å². The zero-order valence-corrected chi connectivity index (χ0v) is 4.37. The van der Waals surface area contributed by atoms with Gasteiger partial charge in [0, 0.05) is 0 Å². The monoisotopic (exact) mass is 96.0 g/mol. The van der Waals surface area contributed by atoms with Crippen molar-refractivity contribution in [1.82, 2.24) is 0 Å². The fourth-order valence-corrected chi connectivity index (χ4v) is 0.263. The van der Waals surface area contributed by atoms with Gasteiger partial charge in [-0.05, 0) is 0 Å². The van der Waals surface area contributed by atoms with Gasteiger partial charge in [0.1, 0.15) is 0 Å². The molecule has 2 radical (unpaired) electrons. The third kappa shape index (κ3) is 4.34. The van der Waals surface area contributed by atoms with Crippen LogP contribution in [0.2, 0.25) is 0 Å². The number of hydrogen-bond donors (Lipinski definition) is 0. The summed E-state index contributed by atoms with van der Waals surface area (Å²) in [7, 11) is 6.32. The molecule has 0 atom stereocenters. The topological polar surface area (TPSA) is 9.23 Å². The Morgan fingerprint density at radius 1 is 1.83 bits per heavy atom. The normalized spacial score (nSPS) is 6.83. The number of rotatable bonds is 2. The molecule has 0 aliphatic carbocycles. The molecule has 0 fully saturated rings. The molecule has 0 rings (SSSR count). The van der Waals surface area contributed by atoms with Crippen molar-refractivity contribution in [2.24, 2.45) is 0 Å². The van der Waals surface area contributed by atoms with Crippen LogP contribution in [0.4, 0.5) is 0 Å². The fraction of sp³-hybridized carbons (Fsp3) is 1.00. The first-order valence-electron chi connectivity index (χ1n) is 1.48. The second-order valence-corrected chi connectivity index (χ2v) is 1.12. The van der Waals surface area contributed by atoms with Gasteiger partial charge in [0.05, 0.1) is 0 Å². The van der Waals surface area contributed by atoms with Crippen molar-refractivity contribution >= 4 is 33.5 Å². The van der Waals surface area contributed by atoms with E-state index >= 15 is 0 Å². The van der Waals surface area contributed by atoms with Gasteiger partial charge in [-0.25, -0.2) is 0 Å². The van der Waals surface area contributed by atoms with Gasteiger partial charge in [0.25, 0.3) is 0 Å². The Labute approximate surface area is 44.6 Å². The zero-order valence-electron chi connectivity index (χ0n) is 3.55. The number of hydrogen-bond acceptors (Lipinski definition) is 2. The molecule has 0 aliphatic rings. The molecule has 0 spiro atoms. The van der Waals surface area contributed by atoms with Crippen molar-refractivity contribution in [2.45, 2.75) is 0 Å². The van der Waals surface area contributed by atoms with Crippen molar-refractivity contribution in [3.63, 3.8) is 0 Å². The van der Waals surface area contributed by atoms with Crippen LogP contribution in [0.5, 0.6) is 0 Å². The summed E-state index contributed by atoms with van der Waals surface area (Å²) < 4.78 is 4.59. The van der Waals surface area contributed by atoms with E-state index in [4.69, 9.17) is 7.74 Å². The Morgan fingerprint density at radius 2 is 2.50 bits per heavy atom. The molecule has 0 N–H and O–H groups in total. The first-order valence-corrected chi connectivity index (χ1v) is 2.63. The molecule has 0 saturated heterocycles. The van der Waals surface area contributed by atoms with Crippen LogP contribution >= 0.6 is 12.0 Å². The summed E-state index contributed by atoms with van der Waals surface area (Å²) in [6.45, 7) is 1.34. The van der Waals surface area contributed by atoms with Crippen molar-refractivity contribution in [2.75, 3.05) is 6.26 Å². The standard InChI is InChI=1S/CH3B3OS/c1-6-5-4-3-2/h1H3. The molecule has 0 saturated carbocycles. The van der Waals surface area contributed by atoms with Crippen molar-refractivity contribution < 1.29 is 4.10 Å². The van der Waals surface area contributed by atoms with E-state index in [2.05, 4.69) is 4.10 Å². The van der Waals surface area contributed by atoms with Crippen LogP contribution in [-0.4, -0.2) is 27.7 Å². The van der Waals surface area contributed by atoms with Crippen LogP contribution in [0.1, 0.15) is 0 Å². The minimum absolute atomic E-state index is 1.26. The molecule has 0 heterocycles. The van der Waals surface area contributed by atoms with E-state index in [0.717, 1.165) is 0 Å². The molecule has 0 aromatic heterocycles. The molecule has 0 aliphatic heterocycles. The molecule has 0 amide bonds. The SMILES string of the molecule is [B]B=BOSC. The van der Waals surface area contributed by atoms with Gasteiger partial charge in [-0.15, -0.1) is 0 Å². The Kier molecular flexibility index (Phi) is 5.65. The third-order valence-corrected chi connectivity index (χ3v) is 0.534. The summed E-state index contributed by atoms with van der Waals surface area (Å²) in [6.07, 6.45) is 1.82. The van der Waals surface area contributed by atoms with Crippen LogP contribution in [0.3, 0.4) is 0 Å². The van der Waals surface area contributed by atoms with Gasteiger partial charge in [-0.3, -0.25) is 0 Å². The van der Waals surface area contributed by atoms with E-state index in [0.29, 0.717) is 0 Å². The summed E-state index contributed by atoms with van der Waals surface area (Å²) >= 11 is 1.26. The molecule has 28 valence electrons. The second-order valence-electron chi connectivity index (χ2n) is 0.591. The molecule has 0 unspecified atom stereocenters. The van der Waals surface area contributed by atoms with Gasteiger partial charge in [-0.2, -0.15) is 0 Å². The third-order valence-electron chi connectivity index (χ3n) is 0.230. The average Bonchev–Trinajstić information content (AvgIpc) is 1.61. The van der Waals surface area contributed by atoms with E-state index in [1.54, 1.807) is 0 Å². The molecule has 0 aromatic rings. The maximum atomic E-state index is 4.90. The Morgan fingerprint density at radius 3 is 2.67 bits per heavy atom. The van der Waals surface area contributed by atoms with Gasteiger partial charge in [-0.1, -0.05) is 0 Å². The predicted octanol–water partition coefficient (Wildman–Crippen LogP) is -0.397. The van der Waals surface area contributed by atoms with Crippen LogP contribution in [0.15, 0.2) is 0 Å². The van der Waals surface area contributed by atoms with Crippen LogP contribution < -0.4 is 0 Å². The van der Waals surface area contributed by atoms with Gasteiger partial charge in [0.15, 0.2) is 0 Å². The summed E-state index contributed by atoms with van der Waals surface area (Å²) in [5.74, 6) is 0. The predicted molar refractivity (Wildman–Crippen MR) is 31.9 cm³/mol. The van der Waals surface area contributed by atoms with E-state index in [1.165, 1.54) is 25.7 Å². The first-order chi connectivity index (χ1) is 2.91. The van der Waals surface area contributed by atoms with Crippen LogP contribution in [0.25, 0.3) is 0 Å². The molecule has 0 bridgehead atoms. The Hall–Kier alpha value is 0.345. The van der Waals surface area contributed by atoms with Gasteiger partial charge in [0.2, 0.25) is 0 Å². The van der Waals surface area contributed by atoms with Gasteiger partial charge >= 0.3 is 43.8 Å². The second kappa shape index (κ2) is 5.34. The van der Waals surface area contributed by atoms with E-state index in [9.17, 15) is 0 Å². The molecular formula is CH3B3OS.